The second-order valence-electron chi connectivity index (χ2n) is 2.64. The maximum Gasteiger partial charge on any atom is 0.259 e. The summed E-state index contributed by atoms with van der Waals surface area (Å²) in [5.41, 5.74) is 0.791. The van der Waals surface area contributed by atoms with Gasteiger partial charge in [-0.05, 0) is 25.5 Å². The number of Topliss-reactive ketones (excluding diaryl/α,β-unsaturated/α-hetero) is 1. The average molecular weight is 165 g/mol. The molecule has 0 bridgehead atoms. The largest absolute Gasteiger partial charge is 0.326 e. The molecule has 0 fully saturated rings. The van der Waals surface area contributed by atoms with E-state index in [1.807, 2.05) is 6.92 Å². The number of rotatable bonds is 2. The first kappa shape index (κ1) is 8.71. The van der Waals surface area contributed by atoms with Gasteiger partial charge in [-0.15, -0.1) is 0 Å². The lowest BCUT2D eigenvalue weighted by atomic mass is 10.2. The first-order valence-corrected chi connectivity index (χ1v) is 3.88. The van der Waals surface area contributed by atoms with Crippen LogP contribution in [0.15, 0.2) is 16.9 Å². The molecule has 3 heteroatoms. The van der Waals surface area contributed by atoms with Crippen molar-refractivity contribution in [2.45, 2.75) is 20.3 Å². The Bertz CT molecular complexity index is 352. The second-order valence-corrected chi connectivity index (χ2v) is 2.64. The van der Waals surface area contributed by atoms with Gasteiger partial charge in [0.1, 0.15) is 0 Å². The van der Waals surface area contributed by atoms with E-state index in [0.717, 1.165) is 12.1 Å². The minimum absolute atomic E-state index is 0.195. The number of ketones is 1. The molecule has 1 aromatic heterocycles. The van der Waals surface area contributed by atoms with Crippen molar-refractivity contribution in [3.63, 3.8) is 0 Å². The highest BCUT2D eigenvalue weighted by atomic mass is 16.1. The summed E-state index contributed by atoms with van der Waals surface area (Å²) in [5, 5.41) is 0. The van der Waals surface area contributed by atoms with E-state index in [4.69, 9.17) is 0 Å². The fourth-order valence-corrected chi connectivity index (χ4v) is 0.998. The number of carbonyl (C=O) groups excluding carboxylic acids is 1. The van der Waals surface area contributed by atoms with Crippen LogP contribution < -0.4 is 5.56 Å². The Labute approximate surface area is 70.4 Å². The molecule has 0 aliphatic heterocycles. The van der Waals surface area contributed by atoms with E-state index in [1.165, 1.54) is 6.92 Å². The Hall–Kier alpha value is -1.38. The molecular formula is C9H11NO2. The number of hydrogen-bond acceptors (Lipinski definition) is 2. The molecule has 1 aromatic rings. The van der Waals surface area contributed by atoms with Gasteiger partial charge >= 0.3 is 0 Å². The molecule has 0 saturated carbocycles. The fraction of sp³-hybridized carbons (Fsp3) is 0.333. The molecule has 12 heavy (non-hydrogen) atoms. The van der Waals surface area contributed by atoms with E-state index < -0.39 is 0 Å². The zero-order chi connectivity index (χ0) is 9.14. The Morgan fingerprint density at radius 3 is 2.58 bits per heavy atom. The molecule has 1 heterocycles. The Morgan fingerprint density at radius 1 is 1.50 bits per heavy atom. The van der Waals surface area contributed by atoms with E-state index in [0.29, 0.717) is 0 Å². The van der Waals surface area contributed by atoms with Crippen molar-refractivity contribution in [2.75, 3.05) is 0 Å². The van der Waals surface area contributed by atoms with E-state index in [-0.39, 0.29) is 16.9 Å². The van der Waals surface area contributed by atoms with Gasteiger partial charge in [-0.2, -0.15) is 0 Å². The van der Waals surface area contributed by atoms with Gasteiger partial charge < -0.3 is 4.98 Å². The van der Waals surface area contributed by atoms with Crippen LogP contribution >= 0.6 is 0 Å². The molecule has 3 nitrogen and oxygen atoms in total. The Kier molecular flexibility index (Phi) is 2.43. The number of H-pyrrole nitrogens is 1. The first-order chi connectivity index (χ1) is 5.65. The van der Waals surface area contributed by atoms with Crippen LogP contribution in [0, 0.1) is 0 Å². The van der Waals surface area contributed by atoms with Gasteiger partial charge in [0.05, 0.1) is 5.56 Å². The monoisotopic (exact) mass is 165 g/mol. The lowest BCUT2D eigenvalue weighted by molar-refractivity contribution is 0.101. The molecule has 64 valence electrons. The summed E-state index contributed by atoms with van der Waals surface area (Å²) in [4.78, 5) is 24.6. The second kappa shape index (κ2) is 3.34. The predicted molar refractivity (Wildman–Crippen MR) is 46.4 cm³/mol. The molecule has 0 radical (unpaired) electrons. The summed E-state index contributed by atoms with van der Waals surface area (Å²) in [6.45, 7) is 3.33. The van der Waals surface area contributed by atoms with Gasteiger partial charge in [0.25, 0.3) is 5.56 Å². The molecule has 0 saturated heterocycles. The fourth-order valence-electron chi connectivity index (χ4n) is 0.998. The van der Waals surface area contributed by atoms with Crippen molar-refractivity contribution in [1.29, 1.82) is 0 Å². The number of hydrogen-bond donors (Lipinski definition) is 1. The standard InChI is InChI=1S/C9H11NO2/c1-3-7-4-5-8(6(2)11)9(12)10-7/h4-5H,3H2,1-2H3,(H,10,12). The Morgan fingerprint density at radius 2 is 2.17 bits per heavy atom. The third-order valence-electron chi connectivity index (χ3n) is 1.73. The lowest BCUT2D eigenvalue weighted by Gasteiger charge is -1.97. The molecule has 1 N–H and O–H groups in total. The zero-order valence-corrected chi connectivity index (χ0v) is 7.18. The summed E-state index contributed by atoms with van der Waals surface area (Å²) in [6, 6.07) is 3.33. The minimum Gasteiger partial charge on any atom is -0.326 e. The molecule has 0 atom stereocenters. The molecular weight excluding hydrogens is 154 g/mol. The molecule has 0 amide bonds. The first-order valence-electron chi connectivity index (χ1n) is 3.88. The van der Waals surface area contributed by atoms with Crippen molar-refractivity contribution in [3.8, 4) is 0 Å². The van der Waals surface area contributed by atoms with Crippen LogP contribution in [-0.4, -0.2) is 10.8 Å². The summed E-state index contributed by atoms with van der Waals surface area (Å²) >= 11 is 0. The van der Waals surface area contributed by atoms with Gasteiger partial charge in [-0.25, -0.2) is 0 Å². The molecule has 0 aromatic carbocycles. The Balaban J connectivity index is 3.21. The average Bonchev–Trinajstić information content (AvgIpc) is 2.03. The molecule has 0 aliphatic rings. The zero-order valence-electron chi connectivity index (χ0n) is 7.18. The van der Waals surface area contributed by atoms with Crippen LogP contribution in [0.25, 0.3) is 0 Å². The molecule has 0 unspecified atom stereocenters. The quantitative estimate of drug-likeness (QED) is 0.668. The van der Waals surface area contributed by atoms with Crippen LogP contribution in [0.2, 0.25) is 0 Å². The van der Waals surface area contributed by atoms with Crippen LogP contribution in [0.5, 0.6) is 0 Å². The maximum absolute atomic E-state index is 11.2. The van der Waals surface area contributed by atoms with Crippen LogP contribution in [0.1, 0.15) is 29.9 Å². The summed E-state index contributed by atoms with van der Waals surface area (Å²) in [7, 11) is 0. The van der Waals surface area contributed by atoms with Crippen LogP contribution in [-0.2, 0) is 6.42 Å². The van der Waals surface area contributed by atoms with Crippen molar-refractivity contribution in [3.05, 3.63) is 33.7 Å². The van der Waals surface area contributed by atoms with Crippen molar-refractivity contribution >= 4 is 5.78 Å². The SMILES string of the molecule is CCc1ccc(C(C)=O)c(=O)[nH]1. The van der Waals surface area contributed by atoms with E-state index in [1.54, 1.807) is 12.1 Å². The number of nitrogens with one attached hydrogen (secondary N) is 1. The topological polar surface area (TPSA) is 49.9 Å². The van der Waals surface area contributed by atoms with Crippen LogP contribution in [0.4, 0.5) is 0 Å². The summed E-state index contributed by atoms with van der Waals surface area (Å²) in [5.74, 6) is -0.195. The molecule has 0 spiro atoms. The summed E-state index contributed by atoms with van der Waals surface area (Å²) in [6.07, 6.45) is 0.771. The van der Waals surface area contributed by atoms with Crippen molar-refractivity contribution < 1.29 is 4.79 Å². The van der Waals surface area contributed by atoms with Crippen molar-refractivity contribution in [2.24, 2.45) is 0 Å². The maximum atomic E-state index is 11.2. The van der Waals surface area contributed by atoms with E-state index in [9.17, 15) is 9.59 Å². The van der Waals surface area contributed by atoms with E-state index >= 15 is 0 Å². The van der Waals surface area contributed by atoms with E-state index in [2.05, 4.69) is 4.98 Å². The predicted octanol–water partition coefficient (Wildman–Crippen LogP) is 1.14. The normalized spacial score (nSPS) is 9.83. The van der Waals surface area contributed by atoms with Gasteiger partial charge in [0.2, 0.25) is 0 Å². The smallest absolute Gasteiger partial charge is 0.259 e. The number of aromatic nitrogens is 1. The van der Waals surface area contributed by atoms with Crippen LogP contribution in [0.3, 0.4) is 0 Å². The van der Waals surface area contributed by atoms with Crippen molar-refractivity contribution in [1.82, 2.24) is 4.98 Å². The van der Waals surface area contributed by atoms with Gasteiger partial charge in [0, 0.05) is 5.69 Å². The third-order valence-corrected chi connectivity index (χ3v) is 1.73. The minimum atomic E-state index is -0.290. The summed E-state index contributed by atoms with van der Waals surface area (Å²) < 4.78 is 0. The number of aromatic amines is 1. The molecule has 0 aliphatic carbocycles. The third kappa shape index (κ3) is 1.61. The highest BCUT2D eigenvalue weighted by Crippen LogP contribution is 1.96. The highest BCUT2D eigenvalue weighted by molar-refractivity contribution is 5.93. The van der Waals surface area contributed by atoms with Gasteiger partial charge in [-0.3, -0.25) is 9.59 Å². The number of carbonyl (C=O) groups is 1. The highest BCUT2D eigenvalue weighted by Gasteiger charge is 2.03. The van der Waals surface area contributed by atoms with Gasteiger partial charge in [0.15, 0.2) is 5.78 Å². The number of pyridine rings is 1. The number of aryl methyl sites for hydroxylation is 1. The van der Waals surface area contributed by atoms with Gasteiger partial charge in [-0.1, -0.05) is 6.92 Å². The lowest BCUT2D eigenvalue weighted by Crippen LogP contribution is -2.16. The molecule has 1 rings (SSSR count).